The highest BCUT2D eigenvalue weighted by Gasteiger charge is 2.16. The Kier molecular flexibility index (Phi) is 3.91. The van der Waals surface area contributed by atoms with Crippen LogP contribution in [-0.2, 0) is 0 Å². The summed E-state index contributed by atoms with van der Waals surface area (Å²) in [6.07, 6.45) is 1.96. The Hall–Kier alpha value is -1.88. The van der Waals surface area contributed by atoms with Crippen molar-refractivity contribution in [2.24, 2.45) is 0 Å². The van der Waals surface area contributed by atoms with Gasteiger partial charge in [0.05, 0.1) is 29.4 Å². The minimum absolute atomic E-state index is 0.355. The van der Waals surface area contributed by atoms with Crippen LogP contribution < -0.4 is 4.74 Å². The van der Waals surface area contributed by atoms with Gasteiger partial charge < -0.3 is 9.72 Å². The topological polar surface area (TPSA) is 50.8 Å². The van der Waals surface area contributed by atoms with Gasteiger partial charge in [0.15, 0.2) is 0 Å². The highest BCUT2D eigenvalue weighted by molar-refractivity contribution is 9.10. The van der Waals surface area contributed by atoms with Crippen molar-refractivity contribution in [2.75, 3.05) is 7.11 Å². The second-order valence-corrected chi connectivity index (χ2v) is 6.49. The molecule has 1 N–H and O–H groups in total. The van der Waals surface area contributed by atoms with Crippen molar-refractivity contribution >= 4 is 27.0 Å². The van der Waals surface area contributed by atoms with Crippen LogP contribution >= 0.6 is 15.9 Å². The van der Waals surface area contributed by atoms with Crippen LogP contribution in [0.3, 0.4) is 0 Å². The second kappa shape index (κ2) is 5.72. The molecule has 0 atom stereocenters. The first kappa shape index (κ1) is 15.0. The van der Waals surface area contributed by atoms with Crippen molar-refractivity contribution in [2.45, 2.75) is 26.7 Å². The highest BCUT2D eigenvalue weighted by atomic mass is 79.9. The molecule has 0 spiro atoms. The van der Waals surface area contributed by atoms with Crippen molar-refractivity contribution in [1.82, 2.24) is 15.0 Å². The number of hydrogen-bond donors (Lipinski definition) is 1. The molecule has 0 radical (unpaired) electrons. The first-order valence-corrected chi connectivity index (χ1v) is 8.00. The average Bonchev–Trinajstić information content (AvgIpc) is 2.86. The molecule has 5 heteroatoms. The van der Waals surface area contributed by atoms with Crippen LogP contribution in [0.25, 0.3) is 22.3 Å². The molecule has 3 aromatic heterocycles. The maximum Gasteiger partial charge on any atom is 0.222 e. The number of halogens is 1. The third-order valence-electron chi connectivity index (χ3n) is 3.72. The third kappa shape index (κ3) is 2.50. The summed E-state index contributed by atoms with van der Waals surface area (Å²) in [7, 11) is 1.64. The molecular formula is C17H18BrN3O. The molecule has 0 amide bonds. The van der Waals surface area contributed by atoms with Crippen LogP contribution in [-0.4, -0.2) is 22.1 Å². The van der Waals surface area contributed by atoms with Crippen molar-refractivity contribution in [3.8, 4) is 17.1 Å². The van der Waals surface area contributed by atoms with E-state index in [-0.39, 0.29) is 0 Å². The quantitative estimate of drug-likeness (QED) is 0.728. The summed E-state index contributed by atoms with van der Waals surface area (Å²) >= 11 is 3.61. The van der Waals surface area contributed by atoms with E-state index in [4.69, 9.17) is 9.72 Å². The van der Waals surface area contributed by atoms with Crippen LogP contribution in [0, 0.1) is 6.92 Å². The number of methoxy groups -OCH3 is 1. The summed E-state index contributed by atoms with van der Waals surface area (Å²) in [4.78, 5) is 12.6. The van der Waals surface area contributed by atoms with Crippen molar-refractivity contribution < 1.29 is 4.74 Å². The standard InChI is InChI=1S/C17H18BrN3O/c1-9(2)13-6-5-11(17(20-13)22-4)16-12(18)7-14-15(21-16)10(3)8-19-14/h5-9,19H,1-4H3. The molecule has 3 aromatic rings. The van der Waals surface area contributed by atoms with Gasteiger partial charge in [-0.25, -0.2) is 9.97 Å². The molecule has 0 aliphatic rings. The SMILES string of the molecule is COc1nc(C(C)C)ccc1-c1nc2c(C)c[nH]c2cc1Br. The molecule has 0 fully saturated rings. The summed E-state index contributed by atoms with van der Waals surface area (Å²) in [6, 6.07) is 6.10. The number of aryl methyl sites for hydroxylation is 1. The molecule has 4 nitrogen and oxygen atoms in total. The predicted molar refractivity (Wildman–Crippen MR) is 92.4 cm³/mol. The van der Waals surface area contributed by atoms with Gasteiger partial charge in [-0.15, -0.1) is 0 Å². The van der Waals surface area contributed by atoms with Crippen LogP contribution in [0.1, 0.15) is 31.0 Å². The number of aromatic amines is 1. The van der Waals surface area contributed by atoms with Crippen molar-refractivity contribution in [1.29, 1.82) is 0 Å². The third-order valence-corrected chi connectivity index (χ3v) is 4.32. The van der Waals surface area contributed by atoms with Crippen molar-refractivity contribution in [3.05, 3.63) is 40.1 Å². The van der Waals surface area contributed by atoms with E-state index in [9.17, 15) is 0 Å². The maximum atomic E-state index is 5.49. The molecule has 3 heterocycles. The number of nitrogens with zero attached hydrogens (tertiary/aromatic N) is 2. The summed E-state index contributed by atoms with van der Waals surface area (Å²) in [6.45, 7) is 6.27. The van der Waals surface area contributed by atoms with Gasteiger partial charge in [-0.3, -0.25) is 0 Å². The lowest BCUT2D eigenvalue weighted by molar-refractivity contribution is 0.397. The van der Waals surface area contributed by atoms with Crippen LogP contribution in [0.2, 0.25) is 0 Å². The first-order valence-electron chi connectivity index (χ1n) is 7.20. The molecule has 22 heavy (non-hydrogen) atoms. The molecule has 0 aliphatic heterocycles. The summed E-state index contributed by atoms with van der Waals surface area (Å²) < 4.78 is 6.41. The number of ether oxygens (including phenoxy) is 1. The van der Waals surface area contributed by atoms with E-state index in [2.05, 4.69) is 39.7 Å². The Labute approximate surface area is 138 Å². The molecule has 0 bridgehead atoms. The van der Waals surface area contributed by atoms with Gasteiger partial charge in [0.1, 0.15) is 0 Å². The minimum Gasteiger partial charge on any atom is -0.480 e. The van der Waals surface area contributed by atoms with E-state index in [1.54, 1.807) is 7.11 Å². The number of rotatable bonds is 3. The lowest BCUT2D eigenvalue weighted by Gasteiger charge is -2.12. The number of pyridine rings is 2. The van der Waals surface area contributed by atoms with Crippen LogP contribution in [0.4, 0.5) is 0 Å². The molecule has 114 valence electrons. The second-order valence-electron chi connectivity index (χ2n) is 5.63. The fraction of sp³-hybridized carbons (Fsp3) is 0.294. The zero-order chi connectivity index (χ0) is 15.9. The first-order chi connectivity index (χ1) is 10.5. The molecular weight excluding hydrogens is 342 g/mol. The fourth-order valence-corrected chi connectivity index (χ4v) is 2.99. The number of fused-ring (bicyclic) bond motifs is 1. The van der Waals surface area contributed by atoms with Gasteiger partial charge in [-0.05, 0) is 52.5 Å². The predicted octanol–water partition coefficient (Wildman–Crippen LogP) is 4.83. The molecule has 0 saturated carbocycles. The van der Waals surface area contributed by atoms with E-state index in [0.29, 0.717) is 11.8 Å². The Balaban J connectivity index is 2.22. The Bertz CT molecular complexity index is 839. The van der Waals surface area contributed by atoms with E-state index < -0.39 is 0 Å². The van der Waals surface area contributed by atoms with Gasteiger partial charge in [0.25, 0.3) is 0 Å². The van der Waals surface area contributed by atoms with E-state index in [1.807, 2.05) is 31.3 Å². The smallest absolute Gasteiger partial charge is 0.222 e. The zero-order valence-corrected chi connectivity index (χ0v) is 14.7. The lowest BCUT2D eigenvalue weighted by atomic mass is 10.1. The maximum absolute atomic E-state index is 5.49. The number of nitrogens with one attached hydrogen (secondary N) is 1. The molecule has 0 aliphatic carbocycles. The summed E-state index contributed by atoms with van der Waals surface area (Å²) in [5, 5.41) is 0. The molecule has 0 saturated heterocycles. The summed E-state index contributed by atoms with van der Waals surface area (Å²) in [5.74, 6) is 0.959. The van der Waals surface area contributed by atoms with Gasteiger partial charge in [-0.2, -0.15) is 0 Å². The molecule has 3 rings (SSSR count). The van der Waals surface area contributed by atoms with Crippen LogP contribution in [0.15, 0.2) is 28.9 Å². The monoisotopic (exact) mass is 359 g/mol. The van der Waals surface area contributed by atoms with Gasteiger partial charge in [0, 0.05) is 16.4 Å². The fourth-order valence-electron chi connectivity index (χ4n) is 2.45. The number of aromatic nitrogens is 3. The average molecular weight is 360 g/mol. The highest BCUT2D eigenvalue weighted by Crippen LogP contribution is 2.35. The summed E-state index contributed by atoms with van der Waals surface area (Å²) in [5.41, 5.74) is 5.84. The van der Waals surface area contributed by atoms with Gasteiger partial charge in [0.2, 0.25) is 5.88 Å². The van der Waals surface area contributed by atoms with Gasteiger partial charge >= 0.3 is 0 Å². The minimum atomic E-state index is 0.355. The number of H-pyrrole nitrogens is 1. The largest absolute Gasteiger partial charge is 0.480 e. The molecule has 0 aromatic carbocycles. The Morgan fingerprint density at radius 2 is 2.00 bits per heavy atom. The Morgan fingerprint density at radius 1 is 1.23 bits per heavy atom. The van der Waals surface area contributed by atoms with E-state index >= 15 is 0 Å². The lowest BCUT2D eigenvalue weighted by Crippen LogP contribution is -1.99. The van der Waals surface area contributed by atoms with E-state index in [1.165, 1.54) is 0 Å². The number of hydrogen-bond acceptors (Lipinski definition) is 3. The zero-order valence-electron chi connectivity index (χ0n) is 13.1. The van der Waals surface area contributed by atoms with Gasteiger partial charge in [-0.1, -0.05) is 13.8 Å². The Morgan fingerprint density at radius 3 is 2.68 bits per heavy atom. The van der Waals surface area contributed by atoms with Crippen LogP contribution in [0.5, 0.6) is 5.88 Å². The normalized spacial score (nSPS) is 11.4. The van der Waals surface area contributed by atoms with E-state index in [0.717, 1.165) is 38.0 Å². The van der Waals surface area contributed by atoms with Crippen molar-refractivity contribution in [3.63, 3.8) is 0 Å². The molecule has 0 unspecified atom stereocenters.